The maximum absolute atomic E-state index is 13.5. The molecule has 2 aromatic heterocycles. The molecular formula is C34H39F3N2O4. The Balaban J connectivity index is 1.08. The summed E-state index contributed by atoms with van der Waals surface area (Å²) in [5.41, 5.74) is 1.45. The Labute approximate surface area is 249 Å². The lowest BCUT2D eigenvalue weighted by atomic mass is 9.80. The van der Waals surface area contributed by atoms with Gasteiger partial charge in [0.1, 0.15) is 5.76 Å². The molecule has 0 radical (unpaired) electrons. The SMILES string of the molecule is O=C(O)c1cc(C(F)(F)F)cc2nc(CCCC3(OCc4c(C(C5CC5)C5CC5)noc4C4CC4)CCCCC3)ccc12. The molecule has 4 saturated carbocycles. The molecule has 0 spiro atoms. The van der Waals surface area contributed by atoms with E-state index in [9.17, 15) is 23.1 Å². The van der Waals surface area contributed by atoms with Crippen molar-refractivity contribution < 1.29 is 32.3 Å². The number of nitrogens with zero attached hydrogens (tertiary/aromatic N) is 2. The number of carboxylic acids is 1. The second-order valence-corrected chi connectivity index (χ2v) is 13.5. The van der Waals surface area contributed by atoms with Gasteiger partial charge in [-0.3, -0.25) is 4.98 Å². The lowest BCUT2D eigenvalue weighted by molar-refractivity contribution is -0.137. The third-order valence-electron chi connectivity index (χ3n) is 10.1. The molecule has 7 rings (SSSR count). The van der Waals surface area contributed by atoms with E-state index in [1.807, 2.05) is 0 Å². The summed E-state index contributed by atoms with van der Waals surface area (Å²) in [5, 5.41) is 14.4. The molecule has 1 N–H and O–H groups in total. The minimum atomic E-state index is -4.65. The van der Waals surface area contributed by atoms with Gasteiger partial charge in [0.05, 0.1) is 34.5 Å². The van der Waals surface area contributed by atoms with Crippen LogP contribution in [0.25, 0.3) is 10.9 Å². The van der Waals surface area contributed by atoms with Crippen molar-refractivity contribution >= 4 is 16.9 Å². The number of carboxylic acid groups (broad SMARTS) is 1. The monoisotopic (exact) mass is 596 g/mol. The van der Waals surface area contributed by atoms with E-state index in [0.29, 0.717) is 36.6 Å². The second kappa shape index (κ2) is 11.2. The maximum atomic E-state index is 13.5. The maximum Gasteiger partial charge on any atom is 0.416 e. The molecule has 4 fully saturated rings. The van der Waals surface area contributed by atoms with E-state index in [1.165, 1.54) is 37.7 Å². The summed E-state index contributed by atoms with van der Waals surface area (Å²) >= 11 is 0. The summed E-state index contributed by atoms with van der Waals surface area (Å²) in [7, 11) is 0. The number of ether oxygens (including phenoxy) is 1. The Hall–Kier alpha value is -2.94. The fraction of sp³-hybridized carbons (Fsp3) is 0.618. The topological polar surface area (TPSA) is 85.5 Å². The largest absolute Gasteiger partial charge is 0.478 e. The third kappa shape index (κ3) is 6.19. The van der Waals surface area contributed by atoms with Crippen molar-refractivity contribution in [2.75, 3.05) is 0 Å². The zero-order valence-corrected chi connectivity index (χ0v) is 24.4. The number of benzene rings is 1. The molecular weight excluding hydrogens is 557 g/mol. The van der Waals surface area contributed by atoms with E-state index in [2.05, 4.69) is 10.1 Å². The number of pyridine rings is 1. The summed E-state index contributed by atoms with van der Waals surface area (Å²) in [6.45, 7) is 0.535. The minimum absolute atomic E-state index is 0.0572. The van der Waals surface area contributed by atoms with Gasteiger partial charge in [-0.05, 0) is 101 Å². The summed E-state index contributed by atoms with van der Waals surface area (Å²) in [4.78, 5) is 16.2. The smallest absolute Gasteiger partial charge is 0.416 e. The second-order valence-electron chi connectivity index (χ2n) is 13.5. The van der Waals surface area contributed by atoms with Gasteiger partial charge >= 0.3 is 12.1 Å². The van der Waals surface area contributed by atoms with Gasteiger partial charge in [-0.25, -0.2) is 4.79 Å². The first-order valence-electron chi connectivity index (χ1n) is 16.1. The first-order chi connectivity index (χ1) is 20.7. The predicted octanol–water partition coefficient (Wildman–Crippen LogP) is 8.96. The van der Waals surface area contributed by atoms with Gasteiger partial charge in [-0.1, -0.05) is 30.5 Å². The number of rotatable bonds is 12. The van der Waals surface area contributed by atoms with E-state index < -0.39 is 17.7 Å². The van der Waals surface area contributed by atoms with E-state index in [-0.39, 0.29) is 22.1 Å². The quantitative estimate of drug-likeness (QED) is 0.225. The molecule has 4 aliphatic rings. The molecule has 0 saturated heterocycles. The number of fused-ring (bicyclic) bond motifs is 1. The molecule has 3 aromatic rings. The van der Waals surface area contributed by atoms with Crippen LogP contribution in [0.1, 0.15) is 134 Å². The first-order valence-corrected chi connectivity index (χ1v) is 16.1. The standard InChI is InChI=1S/C34H39F3N2O4/c35-34(36,37)23-17-26(32(40)41)25-13-12-24(38-28(25)18-23)5-4-16-33(14-2-1-3-15-33)42-19-27-30(39-43-31(27)22-10-11-22)29(20-6-7-20)21-8-9-21/h12-13,17-18,20-22,29H,1-11,14-16,19H2,(H,40,41). The van der Waals surface area contributed by atoms with Crippen LogP contribution in [0.4, 0.5) is 13.2 Å². The lowest BCUT2D eigenvalue weighted by Gasteiger charge is -2.37. The first kappa shape index (κ1) is 28.8. The van der Waals surface area contributed by atoms with Crippen LogP contribution < -0.4 is 0 Å². The Morgan fingerprint density at radius 2 is 1.77 bits per heavy atom. The molecule has 0 unspecified atom stereocenters. The Bertz CT molecular complexity index is 1490. The molecule has 0 bridgehead atoms. The van der Waals surface area contributed by atoms with E-state index in [1.54, 1.807) is 12.1 Å². The average Bonchev–Trinajstić information content (AvgIpc) is 3.82. The third-order valence-corrected chi connectivity index (χ3v) is 10.1. The van der Waals surface area contributed by atoms with Crippen molar-refractivity contribution in [3.05, 3.63) is 58.1 Å². The van der Waals surface area contributed by atoms with Crippen molar-refractivity contribution in [2.45, 2.75) is 120 Å². The average molecular weight is 597 g/mol. The van der Waals surface area contributed by atoms with Crippen LogP contribution in [0.15, 0.2) is 28.8 Å². The van der Waals surface area contributed by atoms with Crippen molar-refractivity contribution in [2.24, 2.45) is 11.8 Å². The Morgan fingerprint density at radius 1 is 1.05 bits per heavy atom. The van der Waals surface area contributed by atoms with Crippen molar-refractivity contribution in [3.63, 3.8) is 0 Å². The zero-order chi connectivity index (χ0) is 29.8. The van der Waals surface area contributed by atoms with Crippen molar-refractivity contribution in [1.82, 2.24) is 10.1 Å². The zero-order valence-electron chi connectivity index (χ0n) is 24.4. The van der Waals surface area contributed by atoms with E-state index in [0.717, 1.165) is 80.7 Å². The molecule has 1 aromatic carbocycles. The molecule has 43 heavy (non-hydrogen) atoms. The molecule has 0 atom stereocenters. The van der Waals surface area contributed by atoms with Gasteiger partial charge in [0.2, 0.25) is 0 Å². The molecule has 2 heterocycles. The molecule has 4 aliphatic carbocycles. The lowest BCUT2D eigenvalue weighted by Crippen LogP contribution is -2.35. The van der Waals surface area contributed by atoms with Gasteiger partial charge < -0.3 is 14.4 Å². The van der Waals surface area contributed by atoms with Crippen LogP contribution in [0.3, 0.4) is 0 Å². The molecule has 6 nitrogen and oxygen atoms in total. The number of aryl methyl sites for hydroxylation is 1. The summed E-state index contributed by atoms with van der Waals surface area (Å²) in [5.74, 6) is 2.10. The Morgan fingerprint density at radius 3 is 2.40 bits per heavy atom. The fourth-order valence-corrected chi connectivity index (χ4v) is 7.39. The molecule has 9 heteroatoms. The van der Waals surface area contributed by atoms with Crippen molar-refractivity contribution in [1.29, 1.82) is 0 Å². The van der Waals surface area contributed by atoms with E-state index in [4.69, 9.17) is 9.26 Å². The van der Waals surface area contributed by atoms with Crippen LogP contribution in [-0.2, 0) is 23.9 Å². The van der Waals surface area contributed by atoms with Crippen LogP contribution in [0.5, 0.6) is 0 Å². The number of hydrogen-bond donors (Lipinski definition) is 1. The van der Waals surface area contributed by atoms with Crippen LogP contribution in [-0.4, -0.2) is 26.8 Å². The van der Waals surface area contributed by atoms with Gasteiger partial charge in [0.25, 0.3) is 0 Å². The number of alkyl halides is 3. The normalized spacial score (nSPS) is 20.7. The highest BCUT2D eigenvalue weighted by molar-refractivity contribution is 6.03. The molecule has 230 valence electrons. The van der Waals surface area contributed by atoms with Gasteiger partial charge in [0, 0.05) is 28.5 Å². The summed E-state index contributed by atoms with van der Waals surface area (Å²) in [6, 6.07) is 4.94. The number of carbonyl (C=O) groups is 1. The minimum Gasteiger partial charge on any atom is -0.478 e. The fourth-order valence-electron chi connectivity index (χ4n) is 7.39. The summed E-state index contributed by atoms with van der Waals surface area (Å²) in [6.07, 6.45) is 10.4. The predicted molar refractivity (Wildman–Crippen MR) is 154 cm³/mol. The number of halogens is 3. The van der Waals surface area contributed by atoms with Gasteiger partial charge in [0.15, 0.2) is 0 Å². The van der Waals surface area contributed by atoms with Crippen LogP contribution in [0, 0.1) is 11.8 Å². The Kier molecular flexibility index (Phi) is 7.51. The highest BCUT2D eigenvalue weighted by Gasteiger charge is 2.46. The van der Waals surface area contributed by atoms with Gasteiger partial charge in [-0.15, -0.1) is 0 Å². The van der Waals surface area contributed by atoms with Gasteiger partial charge in [-0.2, -0.15) is 13.2 Å². The highest BCUT2D eigenvalue weighted by atomic mass is 19.4. The number of aromatic carboxylic acids is 1. The van der Waals surface area contributed by atoms with E-state index >= 15 is 0 Å². The van der Waals surface area contributed by atoms with Crippen LogP contribution >= 0.6 is 0 Å². The van der Waals surface area contributed by atoms with Crippen molar-refractivity contribution in [3.8, 4) is 0 Å². The molecule has 0 aliphatic heterocycles. The number of aromatic nitrogens is 2. The molecule has 0 amide bonds. The summed E-state index contributed by atoms with van der Waals surface area (Å²) < 4.78 is 53.3. The van der Waals surface area contributed by atoms with Crippen LogP contribution in [0.2, 0.25) is 0 Å². The number of hydrogen-bond acceptors (Lipinski definition) is 5. The highest BCUT2D eigenvalue weighted by Crippen LogP contribution is 2.56.